The van der Waals surface area contributed by atoms with Gasteiger partial charge in [-0.05, 0) is 29.7 Å². The van der Waals surface area contributed by atoms with Crippen LogP contribution in [0, 0.1) is 5.41 Å². The van der Waals surface area contributed by atoms with Crippen LogP contribution in [-0.2, 0) is 0 Å². The molecule has 2 rings (SSSR count). The molecule has 100 valence electrons. The molecule has 1 aliphatic carbocycles. The zero-order valence-electron chi connectivity index (χ0n) is 11.9. The smallest absolute Gasteiger partial charge is 0.00177 e. The van der Waals surface area contributed by atoms with E-state index in [1.54, 1.807) is 0 Å². The molecule has 0 radical (unpaired) electrons. The average molecular weight is 245 g/mol. The summed E-state index contributed by atoms with van der Waals surface area (Å²) < 4.78 is 0. The molecule has 1 fully saturated rings. The average Bonchev–Trinajstić information content (AvgIpc) is 2.40. The number of hydrogen-bond donors (Lipinski definition) is 1. The Morgan fingerprint density at radius 3 is 2.44 bits per heavy atom. The van der Waals surface area contributed by atoms with Gasteiger partial charge in [-0.15, -0.1) is 0 Å². The SMILES string of the molecule is CC(CNCC1(C)CCCCC1)c1ccccc1. The zero-order valence-corrected chi connectivity index (χ0v) is 11.9. The Balaban J connectivity index is 1.75. The van der Waals surface area contributed by atoms with Crippen molar-refractivity contribution in [2.75, 3.05) is 13.1 Å². The van der Waals surface area contributed by atoms with Crippen LogP contribution in [-0.4, -0.2) is 13.1 Å². The second kappa shape index (κ2) is 6.38. The molecule has 1 aromatic rings. The molecule has 1 aromatic carbocycles. The monoisotopic (exact) mass is 245 g/mol. The first-order valence-corrected chi connectivity index (χ1v) is 7.45. The fourth-order valence-corrected chi connectivity index (χ4v) is 3.07. The van der Waals surface area contributed by atoms with Crippen LogP contribution in [0.4, 0.5) is 0 Å². The van der Waals surface area contributed by atoms with Crippen molar-refractivity contribution in [1.29, 1.82) is 0 Å². The minimum absolute atomic E-state index is 0.550. The lowest BCUT2D eigenvalue weighted by Gasteiger charge is -2.34. The fraction of sp³-hybridized carbons (Fsp3) is 0.647. The summed E-state index contributed by atoms with van der Waals surface area (Å²) in [5.74, 6) is 0.610. The maximum absolute atomic E-state index is 3.69. The summed E-state index contributed by atoms with van der Waals surface area (Å²) in [5.41, 5.74) is 1.99. The molecule has 1 saturated carbocycles. The highest BCUT2D eigenvalue weighted by Crippen LogP contribution is 2.34. The zero-order chi connectivity index (χ0) is 12.8. The third-order valence-corrected chi connectivity index (χ3v) is 4.43. The van der Waals surface area contributed by atoms with E-state index in [0.717, 1.165) is 6.54 Å². The second-order valence-electron chi connectivity index (χ2n) is 6.31. The van der Waals surface area contributed by atoms with Crippen molar-refractivity contribution in [3.05, 3.63) is 35.9 Å². The normalized spacial score (nSPS) is 20.6. The van der Waals surface area contributed by atoms with Crippen LogP contribution in [0.5, 0.6) is 0 Å². The Bertz CT molecular complexity index is 338. The van der Waals surface area contributed by atoms with Crippen LogP contribution in [0.2, 0.25) is 0 Å². The molecular formula is C17H27N. The van der Waals surface area contributed by atoms with E-state index in [9.17, 15) is 0 Å². The Morgan fingerprint density at radius 2 is 1.78 bits per heavy atom. The molecule has 0 bridgehead atoms. The van der Waals surface area contributed by atoms with Crippen LogP contribution in [0.15, 0.2) is 30.3 Å². The van der Waals surface area contributed by atoms with Crippen molar-refractivity contribution in [2.24, 2.45) is 5.41 Å². The van der Waals surface area contributed by atoms with E-state index in [-0.39, 0.29) is 0 Å². The molecular weight excluding hydrogens is 218 g/mol. The largest absolute Gasteiger partial charge is 0.316 e. The lowest BCUT2D eigenvalue weighted by atomic mass is 9.75. The number of nitrogens with one attached hydrogen (secondary N) is 1. The molecule has 0 aromatic heterocycles. The highest BCUT2D eigenvalue weighted by Gasteiger charge is 2.26. The lowest BCUT2D eigenvalue weighted by molar-refractivity contribution is 0.207. The van der Waals surface area contributed by atoms with Crippen LogP contribution in [0.3, 0.4) is 0 Å². The molecule has 0 heterocycles. The van der Waals surface area contributed by atoms with Gasteiger partial charge in [-0.3, -0.25) is 0 Å². The van der Waals surface area contributed by atoms with Gasteiger partial charge in [0.2, 0.25) is 0 Å². The van der Waals surface area contributed by atoms with E-state index in [4.69, 9.17) is 0 Å². The molecule has 1 atom stereocenters. The van der Waals surface area contributed by atoms with Crippen LogP contribution in [0.25, 0.3) is 0 Å². The molecule has 18 heavy (non-hydrogen) atoms. The van der Waals surface area contributed by atoms with Gasteiger partial charge in [-0.1, -0.05) is 63.4 Å². The highest BCUT2D eigenvalue weighted by atomic mass is 14.9. The summed E-state index contributed by atoms with van der Waals surface area (Å²) in [4.78, 5) is 0. The van der Waals surface area contributed by atoms with E-state index in [2.05, 4.69) is 49.5 Å². The maximum atomic E-state index is 3.69. The Hall–Kier alpha value is -0.820. The first kappa shape index (κ1) is 13.6. The van der Waals surface area contributed by atoms with E-state index in [1.165, 1.54) is 44.2 Å². The van der Waals surface area contributed by atoms with Crippen molar-refractivity contribution in [3.8, 4) is 0 Å². The molecule has 1 unspecified atom stereocenters. The van der Waals surface area contributed by atoms with Crippen molar-refractivity contribution in [3.63, 3.8) is 0 Å². The van der Waals surface area contributed by atoms with Gasteiger partial charge in [0.15, 0.2) is 0 Å². The van der Waals surface area contributed by atoms with Crippen molar-refractivity contribution < 1.29 is 0 Å². The van der Waals surface area contributed by atoms with E-state index in [0.29, 0.717) is 11.3 Å². The van der Waals surface area contributed by atoms with Gasteiger partial charge < -0.3 is 5.32 Å². The molecule has 0 aliphatic heterocycles. The van der Waals surface area contributed by atoms with Gasteiger partial charge in [0.05, 0.1) is 0 Å². The fourth-order valence-electron chi connectivity index (χ4n) is 3.07. The third kappa shape index (κ3) is 3.84. The van der Waals surface area contributed by atoms with E-state index < -0.39 is 0 Å². The second-order valence-corrected chi connectivity index (χ2v) is 6.31. The summed E-state index contributed by atoms with van der Waals surface area (Å²) in [5, 5.41) is 3.69. The first-order chi connectivity index (χ1) is 8.70. The van der Waals surface area contributed by atoms with Crippen LogP contribution >= 0.6 is 0 Å². The van der Waals surface area contributed by atoms with E-state index >= 15 is 0 Å². The summed E-state index contributed by atoms with van der Waals surface area (Å²) in [6.45, 7) is 7.04. The lowest BCUT2D eigenvalue weighted by Crippen LogP contribution is -2.35. The summed E-state index contributed by atoms with van der Waals surface area (Å²) in [6, 6.07) is 10.8. The first-order valence-electron chi connectivity index (χ1n) is 7.45. The van der Waals surface area contributed by atoms with Crippen molar-refractivity contribution in [1.82, 2.24) is 5.32 Å². The minimum atomic E-state index is 0.550. The quantitative estimate of drug-likeness (QED) is 0.813. The summed E-state index contributed by atoms with van der Waals surface area (Å²) in [6.07, 6.45) is 7.09. The third-order valence-electron chi connectivity index (χ3n) is 4.43. The standard InChI is InChI=1S/C17H27N/c1-15(16-9-5-3-6-10-16)13-18-14-17(2)11-7-4-8-12-17/h3,5-6,9-10,15,18H,4,7-8,11-14H2,1-2H3. The van der Waals surface area contributed by atoms with Crippen molar-refractivity contribution >= 4 is 0 Å². The highest BCUT2D eigenvalue weighted by molar-refractivity contribution is 5.18. The predicted molar refractivity (Wildman–Crippen MR) is 78.9 cm³/mol. The van der Waals surface area contributed by atoms with Gasteiger partial charge in [-0.25, -0.2) is 0 Å². The topological polar surface area (TPSA) is 12.0 Å². The Morgan fingerprint density at radius 1 is 1.11 bits per heavy atom. The Kier molecular flexibility index (Phi) is 4.82. The van der Waals surface area contributed by atoms with Gasteiger partial charge in [0.25, 0.3) is 0 Å². The van der Waals surface area contributed by atoms with Crippen LogP contribution < -0.4 is 5.32 Å². The summed E-state index contributed by atoms with van der Waals surface area (Å²) >= 11 is 0. The summed E-state index contributed by atoms with van der Waals surface area (Å²) in [7, 11) is 0. The van der Waals surface area contributed by atoms with Gasteiger partial charge in [0, 0.05) is 13.1 Å². The predicted octanol–water partition coefficient (Wildman–Crippen LogP) is 4.35. The van der Waals surface area contributed by atoms with Gasteiger partial charge >= 0.3 is 0 Å². The number of rotatable bonds is 5. The van der Waals surface area contributed by atoms with Crippen LogP contribution in [0.1, 0.15) is 57.4 Å². The molecule has 0 amide bonds. The molecule has 1 aliphatic rings. The van der Waals surface area contributed by atoms with Gasteiger partial charge in [0.1, 0.15) is 0 Å². The molecule has 1 heteroatoms. The number of hydrogen-bond acceptors (Lipinski definition) is 1. The molecule has 0 spiro atoms. The molecule has 1 nitrogen and oxygen atoms in total. The van der Waals surface area contributed by atoms with Gasteiger partial charge in [-0.2, -0.15) is 0 Å². The number of benzene rings is 1. The van der Waals surface area contributed by atoms with Crippen molar-refractivity contribution in [2.45, 2.75) is 51.9 Å². The minimum Gasteiger partial charge on any atom is -0.316 e. The Labute approximate surface area is 112 Å². The van der Waals surface area contributed by atoms with E-state index in [1.807, 2.05) is 0 Å². The molecule has 1 N–H and O–H groups in total. The maximum Gasteiger partial charge on any atom is 0.00177 e. The molecule has 0 saturated heterocycles.